The summed E-state index contributed by atoms with van der Waals surface area (Å²) in [5, 5.41) is 2.22. The number of carbonyl (C=O) groups is 1. The minimum absolute atomic E-state index is 0.00725. The molecule has 0 heterocycles. The van der Waals surface area contributed by atoms with Gasteiger partial charge in [0.15, 0.2) is 5.11 Å². The van der Waals surface area contributed by atoms with Crippen molar-refractivity contribution in [2.75, 3.05) is 11.9 Å². The first-order valence-corrected chi connectivity index (χ1v) is 5.96. The van der Waals surface area contributed by atoms with Gasteiger partial charge in [-0.05, 0) is 24.4 Å². The van der Waals surface area contributed by atoms with E-state index in [0.717, 1.165) is 6.07 Å². The number of amides is 1. The van der Waals surface area contributed by atoms with Crippen LogP contribution in [0.5, 0.6) is 0 Å². The predicted molar refractivity (Wildman–Crippen MR) is 72.6 cm³/mol. The molecule has 1 amide bonds. The van der Waals surface area contributed by atoms with Crippen LogP contribution in [-0.2, 0) is 11.0 Å². The zero-order valence-electron chi connectivity index (χ0n) is 10.3. The lowest BCUT2D eigenvalue weighted by molar-refractivity contribution is -0.137. The maximum atomic E-state index is 12.7. The lowest BCUT2D eigenvalue weighted by Gasteiger charge is -2.13. The van der Waals surface area contributed by atoms with E-state index in [0.29, 0.717) is 0 Å². The van der Waals surface area contributed by atoms with Crippen LogP contribution in [0.3, 0.4) is 0 Å². The highest BCUT2D eigenvalue weighted by Crippen LogP contribution is 2.34. The van der Waals surface area contributed by atoms with Gasteiger partial charge in [0.05, 0.1) is 11.3 Å². The monoisotopic (exact) mass is 306 g/mol. The number of nitrogens with two attached hydrogens (primary N) is 1. The van der Waals surface area contributed by atoms with Crippen molar-refractivity contribution in [1.82, 2.24) is 10.9 Å². The fourth-order valence-electron chi connectivity index (χ4n) is 1.38. The number of thiocarbonyl (C=S) groups is 1. The Labute approximate surface area is 118 Å². The zero-order chi connectivity index (χ0) is 15.2. The normalized spacial score (nSPS) is 10.9. The highest BCUT2D eigenvalue weighted by Gasteiger charge is 2.33. The van der Waals surface area contributed by atoms with Crippen LogP contribution in [0, 0.1) is 0 Å². The van der Waals surface area contributed by atoms with Crippen LogP contribution >= 0.6 is 12.2 Å². The van der Waals surface area contributed by atoms with Crippen molar-refractivity contribution >= 4 is 28.9 Å². The Morgan fingerprint density at radius 2 is 1.95 bits per heavy atom. The standard InChI is InChI=1S/C11H13F3N4OS/c12-11(13,14)7-3-1-2-4-8(7)17-9(19)5-6-16-18-10(15)20/h1-4,16H,5-6H2,(H,17,19)(H3,15,18,20). The molecule has 0 atom stereocenters. The molecule has 20 heavy (non-hydrogen) atoms. The molecule has 0 fully saturated rings. The van der Waals surface area contributed by atoms with Gasteiger partial charge in [-0.25, -0.2) is 5.43 Å². The molecule has 0 bridgehead atoms. The molecule has 0 spiro atoms. The van der Waals surface area contributed by atoms with E-state index in [4.69, 9.17) is 5.73 Å². The van der Waals surface area contributed by atoms with Gasteiger partial charge in [0.2, 0.25) is 5.91 Å². The van der Waals surface area contributed by atoms with Crippen molar-refractivity contribution in [1.29, 1.82) is 0 Å². The van der Waals surface area contributed by atoms with Crippen molar-refractivity contribution < 1.29 is 18.0 Å². The second-order valence-corrected chi connectivity index (χ2v) is 4.20. The summed E-state index contributed by atoms with van der Waals surface area (Å²) in [5.74, 6) is -0.557. The summed E-state index contributed by atoms with van der Waals surface area (Å²) in [4.78, 5) is 11.5. The number of benzene rings is 1. The minimum atomic E-state index is -4.52. The van der Waals surface area contributed by atoms with E-state index in [1.807, 2.05) is 0 Å². The number of hydrazine groups is 1. The van der Waals surface area contributed by atoms with Gasteiger partial charge in [0.1, 0.15) is 0 Å². The van der Waals surface area contributed by atoms with Crippen LogP contribution < -0.4 is 21.9 Å². The third kappa shape index (κ3) is 5.41. The molecule has 0 saturated heterocycles. The molecule has 1 rings (SSSR count). The first kappa shape index (κ1) is 16.2. The SMILES string of the molecule is NC(=S)NNCCC(=O)Nc1ccccc1C(F)(F)F. The van der Waals surface area contributed by atoms with Crippen LogP contribution in [-0.4, -0.2) is 17.6 Å². The zero-order valence-corrected chi connectivity index (χ0v) is 11.1. The van der Waals surface area contributed by atoms with Crippen molar-refractivity contribution in [3.8, 4) is 0 Å². The van der Waals surface area contributed by atoms with Crippen LogP contribution in [0.15, 0.2) is 24.3 Å². The van der Waals surface area contributed by atoms with Crippen LogP contribution in [0.4, 0.5) is 18.9 Å². The second-order valence-electron chi connectivity index (χ2n) is 3.76. The Bertz CT molecular complexity index is 493. The molecule has 110 valence electrons. The van der Waals surface area contributed by atoms with Gasteiger partial charge in [0, 0.05) is 13.0 Å². The first-order chi connectivity index (χ1) is 9.30. The molecular formula is C11H13F3N4OS. The number of halogens is 3. The maximum absolute atomic E-state index is 12.7. The van der Waals surface area contributed by atoms with Gasteiger partial charge in [-0.1, -0.05) is 12.1 Å². The van der Waals surface area contributed by atoms with Gasteiger partial charge in [-0.3, -0.25) is 10.2 Å². The summed E-state index contributed by atoms with van der Waals surface area (Å²) in [6.07, 6.45) is -4.56. The number of alkyl halides is 3. The van der Waals surface area contributed by atoms with Crippen LogP contribution in [0.2, 0.25) is 0 Å². The van der Waals surface area contributed by atoms with Crippen LogP contribution in [0.1, 0.15) is 12.0 Å². The summed E-state index contributed by atoms with van der Waals surface area (Å²) in [7, 11) is 0. The third-order valence-corrected chi connectivity index (χ3v) is 2.30. The summed E-state index contributed by atoms with van der Waals surface area (Å²) in [6.45, 7) is 0.164. The van der Waals surface area contributed by atoms with E-state index in [1.54, 1.807) is 0 Å². The molecule has 5 nitrogen and oxygen atoms in total. The number of anilines is 1. The Kier molecular flexibility index (Phi) is 5.71. The summed E-state index contributed by atoms with van der Waals surface area (Å²) in [6, 6.07) is 4.77. The predicted octanol–water partition coefficient (Wildman–Crippen LogP) is 1.37. The third-order valence-electron chi connectivity index (χ3n) is 2.20. The largest absolute Gasteiger partial charge is 0.418 e. The Balaban J connectivity index is 2.56. The average molecular weight is 306 g/mol. The number of nitrogens with one attached hydrogen (secondary N) is 3. The van der Waals surface area contributed by atoms with E-state index in [-0.39, 0.29) is 23.8 Å². The van der Waals surface area contributed by atoms with Gasteiger partial charge < -0.3 is 11.1 Å². The molecule has 0 aliphatic carbocycles. The van der Waals surface area contributed by atoms with E-state index < -0.39 is 17.6 Å². The number of carbonyl (C=O) groups excluding carboxylic acids is 1. The molecular weight excluding hydrogens is 293 g/mol. The number of hydrogen-bond acceptors (Lipinski definition) is 3. The lowest BCUT2D eigenvalue weighted by Crippen LogP contribution is -2.42. The second kappa shape index (κ2) is 7.06. The number of para-hydroxylation sites is 1. The van der Waals surface area contributed by atoms with Crippen molar-refractivity contribution in [3.05, 3.63) is 29.8 Å². The van der Waals surface area contributed by atoms with Gasteiger partial charge in [-0.15, -0.1) is 0 Å². The summed E-state index contributed by atoms with van der Waals surface area (Å²) in [5.41, 5.74) is 8.92. The first-order valence-electron chi connectivity index (χ1n) is 5.55. The maximum Gasteiger partial charge on any atom is 0.418 e. The molecule has 0 aromatic heterocycles. The molecule has 0 saturated carbocycles. The van der Waals surface area contributed by atoms with Crippen molar-refractivity contribution in [2.45, 2.75) is 12.6 Å². The minimum Gasteiger partial charge on any atom is -0.375 e. The topological polar surface area (TPSA) is 79.2 Å². The number of hydrogen-bond donors (Lipinski definition) is 4. The van der Waals surface area contributed by atoms with Crippen molar-refractivity contribution in [3.63, 3.8) is 0 Å². The number of rotatable bonds is 5. The smallest absolute Gasteiger partial charge is 0.375 e. The van der Waals surface area contributed by atoms with E-state index in [1.165, 1.54) is 18.2 Å². The molecule has 5 N–H and O–H groups in total. The molecule has 9 heteroatoms. The highest BCUT2D eigenvalue weighted by atomic mass is 32.1. The fourth-order valence-corrected chi connectivity index (χ4v) is 1.45. The summed E-state index contributed by atoms with van der Waals surface area (Å²) >= 11 is 4.52. The fraction of sp³-hybridized carbons (Fsp3) is 0.273. The van der Waals surface area contributed by atoms with Gasteiger partial charge >= 0.3 is 6.18 Å². The molecule has 1 aromatic rings. The summed E-state index contributed by atoms with van der Waals surface area (Å²) < 4.78 is 38.1. The van der Waals surface area contributed by atoms with Crippen molar-refractivity contribution in [2.24, 2.45) is 5.73 Å². The Morgan fingerprint density at radius 1 is 1.30 bits per heavy atom. The van der Waals surface area contributed by atoms with E-state index >= 15 is 0 Å². The molecule has 1 aromatic carbocycles. The van der Waals surface area contributed by atoms with Gasteiger partial charge in [-0.2, -0.15) is 13.2 Å². The molecule has 0 aliphatic rings. The van der Waals surface area contributed by atoms with E-state index in [2.05, 4.69) is 28.4 Å². The van der Waals surface area contributed by atoms with E-state index in [9.17, 15) is 18.0 Å². The Morgan fingerprint density at radius 3 is 2.55 bits per heavy atom. The molecule has 0 unspecified atom stereocenters. The van der Waals surface area contributed by atoms with Crippen LogP contribution in [0.25, 0.3) is 0 Å². The molecule has 0 aliphatic heterocycles. The Hall–Kier alpha value is -1.87. The lowest BCUT2D eigenvalue weighted by atomic mass is 10.1. The average Bonchev–Trinajstić information content (AvgIpc) is 2.34. The molecule has 0 radical (unpaired) electrons. The van der Waals surface area contributed by atoms with Gasteiger partial charge in [0.25, 0.3) is 0 Å². The quantitative estimate of drug-likeness (QED) is 0.375. The highest BCUT2D eigenvalue weighted by molar-refractivity contribution is 7.80.